The number of benzene rings is 3. The summed E-state index contributed by atoms with van der Waals surface area (Å²) >= 11 is 20.0. The second kappa shape index (κ2) is 23.6. The van der Waals surface area contributed by atoms with Gasteiger partial charge in [-0.05, 0) is 117 Å². The van der Waals surface area contributed by atoms with Crippen molar-refractivity contribution in [2.75, 3.05) is 61.2 Å². The average Bonchev–Trinajstić information content (AvgIpc) is 1.94. The van der Waals surface area contributed by atoms with Crippen LogP contribution in [0.5, 0.6) is 0 Å². The van der Waals surface area contributed by atoms with E-state index in [9.17, 15) is 67.4 Å². The molecule has 1 aliphatic rings. The molecule has 10 rings (SSSR count). The van der Waals surface area contributed by atoms with Crippen LogP contribution in [0, 0.1) is 5.41 Å². The summed E-state index contributed by atoms with van der Waals surface area (Å²) in [5, 5.41) is 19.2. The third-order valence-electron chi connectivity index (χ3n) is 14.3. The molecule has 87 heavy (non-hydrogen) atoms. The fourth-order valence-electron chi connectivity index (χ4n) is 9.88. The van der Waals surface area contributed by atoms with Crippen LogP contribution in [0.4, 0.5) is 57.0 Å². The summed E-state index contributed by atoms with van der Waals surface area (Å²) in [7, 11) is -1.75. The summed E-state index contributed by atoms with van der Waals surface area (Å²) in [6.45, 7) is 0.0884. The number of aliphatic hydroxyl groups excluding tert-OH is 1. The highest BCUT2D eigenvalue weighted by atomic mass is 35.5. The van der Waals surface area contributed by atoms with Crippen LogP contribution in [0.1, 0.15) is 53.5 Å². The molecule has 19 nitrogen and oxygen atoms in total. The summed E-state index contributed by atoms with van der Waals surface area (Å²) in [6, 6.07) is 18.8. The minimum Gasteiger partial charge on any atom is -0.396 e. The Morgan fingerprint density at radius 2 is 1.05 bits per heavy atom. The first-order chi connectivity index (χ1) is 40.9. The van der Waals surface area contributed by atoms with Gasteiger partial charge in [0.1, 0.15) is 44.4 Å². The first-order valence-corrected chi connectivity index (χ1v) is 29.2. The van der Waals surface area contributed by atoms with Crippen molar-refractivity contribution in [1.82, 2.24) is 48.5 Å². The lowest BCUT2D eigenvalue weighted by Crippen LogP contribution is -2.30. The zero-order valence-corrected chi connectivity index (χ0v) is 48.2. The predicted octanol–water partition coefficient (Wildman–Crippen LogP) is 10.3. The number of halogens is 12. The Labute approximate surface area is 500 Å². The Morgan fingerprint density at radius 3 is 1.49 bits per heavy atom. The minimum atomic E-state index is -5.00. The molecule has 9 aromatic rings. The lowest BCUT2D eigenvalue weighted by atomic mass is 9.90. The van der Waals surface area contributed by atoms with Gasteiger partial charge in [-0.25, -0.2) is 51.5 Å². The number of anilines is 3. The van der Waals surface area contributed by atoms with Crippen LogP contribution in [0.15, 0.2) is 111 Å². The fraction of sp³-hybridized carbons (Fsp3) is 0.291. The number of alkyl halides is 9. The number of rotatable bonds is 19. The van der Waals surface area contributed by atoms with Gasteiger partial charge in [0, 0.05) is 31.3 Å². The van der Waals surface area contributed by atoms with Gasteiger partial charge in [-0.3, -0.25) is 0 Å². The lowest BCUT2D eigenvalue weighted by Gasteiger charge is -2.29. The van der Waals surface area contributed by atoms with Crippen LogP contribution in [0.25, 0.3) is 50.2 Å². The van der Waals surface area contributed by atoms with Crippen LogP contribution in [-0.2, 0) is 34.9 Å². The maximum absolute atomic E-state index is 14.4. The van der Waals surface area contributed by atoms with Crippen LogP contribution >= 0.6 is 34.8 Å². The van der Waals surface area contributed by atoms with E-state index in [4.69, 9.17) is 34.8 Å². The van der Waals surface area contributed by atoms with Crippen LogP contribution in [-0.4, -0.2) is 107 Å². The minimum absolute atomic E-state index is 0.0150. The molecule has 3 aromatic carbocycles. The van der Waals surface area contributed by atoms with E-state index in [-0.39, 0.29) is 96.6 Å². The van der Waals surface area contributed by atoms with E-state index >= 15 is 0 Å². The number of aliphatic hydroxyl groups is 1. The highest BCUT2D eigenvalue weighted by Crippen LogP contribution is 2.56. The normalized spacial score (nSPS) is 14.1. The van der Waals surface area contributed by atoms with Gasteiger partial charge < -0.3 is 26.0 Å². The standard InChI is InChI=1S/C55H45Cl3F9N13O6S/c1-77(22-5-20-68-43-30-10-15-39(53(59,60)61)70-46(30)78(49(82)74-43)36-7-4-3-6-33(36)56)26-28-8-13-37(34(57)24-28)79-48-32(12-17-41(72-48)55(65,66)67)45(76-51(79)84)73-42(52(27-81)18-19-52)29-9-14-38(35(58)25-29)80-47-31(11-16-40(71-47)54(62,63)64)44(75-50(80)83)69-21-23-87(2,85)86/h3-4,6-17,24-25,42,81H,5,18-23,26-27H2,1-2H3,(H,68,74,82)(H,69,75,83)(H,73,76,84). The van der Waals surface area contributed by atoms with Crippen molar-refractivity contribution in [2.45, 2.75) is 50.4 Å². The molecule has 1 fully saturated rings. The first kappa shape index (κ1) is 62.1. The molecule has 0 saturated heterocycles. The molecule has 1 atom stereocenters. The van der Waals surface area contributed by atoms with Crippen molar-refractivity contribution < 1.29 is 53.0 Å². The van der Waals surface area contributed by atoms with E-state index in [1.807, 2.05) is 4.90 Å². The van der Waals surface area contributed by atoms with Gasteiger partial charge in [-0.15, -0.1) is 0 Å². The predicted molar refractivity (Wildman–Crippen MR) is 308 cm³/mol. The van der Waals surface area contributed by atoms with Crippen molar-refractivity contribution in [1.29, 1.82) is 0 Å². The third kappa shape index (κ3) is 13.0. The number of pyridine rings is 3. The number of hydrogen-bond donors (Lipinski definition) is 4. The monoisotopic (exact) mass is 1290 g/mol. The third-order valence-corrected chi connectivity index (χ3v) is 16.2. The van der Waals surface area contributed by atoms with Crippen molar-refractivity contribution in [3.8, 4) is 17.1 Å². The molecule has 1 aliphatic carbocycles. The summed E-state index contributed by atoms with van der Waals surface area (Å²) in [6.07, 6.45) is -12.7. The Kier molecular flexibility index (Phi) is 16.9. The Hall–Kier alpha value is -7.96. The highest BCUT2D eigenvalue weighted by molar-refractivity contribution is 7.90. The van der Waals surface area contributed by atoms with Gasteiger partial charge in [-0.2, -0.15) is 54.5 Å². The van der Waals surface area contributed by atoms with Gasteiger partial charge in [0.05, 0.1) is 66.7 Å². The molecule has 0 amide bonds. The van der Waals surface area contributed by atoms with Crippen LogP contribution in [0.2, 0.25) is 15.1 Å². The molecule has 0 aliphatic heterocycles. The number of sulfone groups is 1. The zero-order valence-electron chi connectivity index (χ0n) is 45.1. The Bertz CT molecular complexity index is 4510. The largest absolute Gasteiger partial charge is 0.433 e. The van der Waals surface area contributed by atoms with Crippen LogP contribution < -0.4 is 33.0 Å². The summed E-state index contributed by atoms with van der Waals surface area (Å²) in [4.78, 5) is 67.1. The SMILES string of the molecule is CN(CCCNc1nc(=O)n(-c2ccccc2Cl)c2nc(C(F)(F)F)ccc12)Cc1ccc(-n2c(=O)nc(NC(c3ccc(-n4c(=O)nc(NCCS(C)(=O)=O)c5ccc(C(F)(F)F)nc54)c(Cl)c3)C3(CO)CC3)c3ccc(C(F)(F)F)nc32)c(Cl)c1. The van der Waals surface area contributed by atoms with Gasteiger partial charge in [0.2, 0.25) is 0 Å². The summed E-state index contributed by atoms with van der Waals surface area (Å²) in [5.41, 5.74) is -8.95. The topological polar surface area (TPSA) is 237 Å². The lowest BCUT2D eigenvalue weighted by molar-refractivity contribution is -0.141. The van der Waals surface area contributed by atoms with E-state index in [2.05, 4.69) is 45.9 Å². The zero-order chi connectivity index (χ0) is 62.7. The molecule has 456 valence electrons. The van der Waals surface area contributed by atoms with E-state index in [0.717, 1.165) is 44.2 Å². The maximum atomic E-state index is 14.4. The molecular formula is C55H45Cl3F9N13O6S. The van der Waals surface area contributed by atoms with Crippen LogP contribution in [0.3, 0.4) is 0 Å². The molecule has 1 unspecified atom stereocenters. The molecule has 1 saturated carbocycles. The number of aromatic nitrogens is 9. The summed E-state index contributed by atoms with van der Waals surface area (Å²) < 4.78 is 153. The van der Waals surface area contributed by atoms with Crippen molar-refractivity contribution in [3.05, 3.63) is 172 Å². The van der Waals surface area contributed by atoms with E-state index in [0.29, 0.717) is 43.5 Å². The number of nitrogens with one attached hydrogen (secondary N) is 3. The second-order valence-corrected chi connectivity index (χ2v) is 24.0. The van der Waals surface area contributed by atoms with E-state index in [1.165, 1.54) is 42.5 Å². The molecule has 6 aromatic heterocycles. The van der Waals surface area contributed by atoms with Crippen molar-refractivity contribution >= 4 is 95.2 Å². The number of hydrogen-bond acceptors (Lipinski definition) is 16. The molecule has 0 spiro atoms. The first-order valence-electron chi connectivity index (χ1n) is 26.0. The molecular weight excluding hydrogens is 1250 g/mol. The van der Waals surface area contributed by atoms with E-state index in [1.54, 1.807) is 25.2 Å². The molecule has 6 heterocycles. The maximum Gasteiger partial charge on any atom is 0.433 e. The highest BCUT2D eigenvalue weighted by Gasteiger charge is 2.50. The smallest absolute Gasteiger partial charge is 0.396 e. The second-order valence-electron chi connectivity index (χ2n) is 20.6. The number of para-hydroxylation sites is 1. The van der Waals surface area contributed by atoms with Crippen molar-refractivity contribution in [3.63, 3.8) is 0 Å². The van der Waals surface area contributed by atoms with Gasteiger partial charge in [0.25, 0.3) is 0 Å². The fourth-order valence-corrected chi connectivity index (χ4v) is 11.1. The molecule has 0 radical (unpaired) electrons. The van der Waals surface area contributed by atoms with Gasteiger partial charge >= 0.3 is 35.6 Å². The molecule has 32 heteroatoms. The summed E-state index contributed by atoms with van der Waals surface area (Å²) in [5.74, 6) is -0.946. The number of nitrogens with zero attached hydrogens (tertiary/aromatic N) is 10. The Balaban J connectivity index is 0.914. The Morgan fingerprint density at radius 1 is 0.598 bits per heavy atom. The quantitative estimate of drug-likeness (QED) is 0.0435. The average molecular weight is 1290 g/mol. The van der Waals surface area contributed by atoms with E-state index < -0.39 is 97.6 Å². The number of fused-ring (bicyclic) bond motifs is 3. The van der Waals surface area contributed by atoms with Gasteiger partial charge in [-0.1, -0.05) is 59.1 Å². The van der Waals surface area contributed by atoms with Gasteiger partial charge in [0.15, 0.2) is 16.9 Å². The van der Waals surface area contributed by atoms with Crippen molar-refractivity contribution in [2.24, 2.45) is 5.41 Å². The molecule has 4 N–H and O–H groups in total. The molecule has 0 bridgehead atoms.